The van der Waals surface area contributed by atoms with E-state index in [-0.39, 0.29) is 17.2 Å². The summed E-state index contributed by atoms with van der Waals surface area (Å²) in [6.45, 7) is 0.899. The zero-order valence-electron chi connectivity index (χ0n) is 11.2. The number of alkyl halides is 1. The van der Waals surface area contributed by atoms with Crippen molar-refractivity contribution in [1.29, 1.82) is 0 Å². The van der Waals surface area contributed by atoms with Crippen LogP contribution in [-0.4, -0.2) is 31.5 Å². The average Bonchev–Trinajstić information content (AvgIpc) is 2.44. The highest BCUT2D eigenvalue weighted by Crippen LogP contribution is 2.31. The number of fused-ring (bicyclic) bond motifs is 1. The SMILES string of the molecule is COCC(Cl)CNC(=O)C1CCCc2ccccc21. The van der Waals surface area contributed by atoms with Crippen LogP contribution in [0.4, 0.5) is 0 Å². The number of ether oxygens (including phenoxy) is 1. The Kier molecular flexibility index (Phi) is 5.23. The van der Waals surface area contributed by atoms with Crippen LogP contribution >= 0.6 is 11.6 Å². The van der Waals surface area contributed by atoms with Gasteiger partial charge in [0.05, 0.1) is 17.9 Å². The number of carbonyl (C=O) groups excluding carboxylic acids is 1. The predicted octanol–water partition coefficient (Wildman–Crippen LogP) is 2.48. The molecule has 1 aromatic rings. The molecule has 3 nitrogen and oxygen atoms in total. The summed E-state index contributed by atoms with van der Waals surface area (Å²) in [6.07, 6.45) is 3.05. The Labute approximate surface area is 119 Å². The Balaban J connectivity index is 1.97. The smallest absolute Gasteiger partial charge is 0.227 e. The average molecular weight is 282 g/mol. The molecule has 1 aliphatic rings. The lowest BCUT2D eigenvalue weighted by Crippen LogP contribution is -2.36. The summed E-state index contributed by atoms with van der Waals surface area (Å²) in [7, 11) is 1.61. The summed E-state index contributed by atoms with van der Waals surface area (Å²) >= 11 is 6.02. The number of carbonyl (C=O) groups is 1. The molecule has 2 unspecified atom stereocenters. The zero-order valence-corrected chi connectivity index (χ0v) is 12.0. The van der Waals surface area contributed by atoms with Crippen LogP contribution in [-0.2, 0) is 16.0 Å². The van der Waals surface area contributed by atoms with Crippen molar-refractivity contribution >= 4 is 17.5 Å². The minimum atomic E-state index is -0.173. The number of nitrogens with one attached hydrogen (secondary N) is 1. The zero-order chi connectivity index (χ0) is 13.7. The lowest BCUT2D eigenvalue weighted by atomic mass is 9.82. The van der Waals surface area contributed by atoms with Crippen LogP contribution in [0.2, 0.25) is 0 Å². The third-order valence-corrected chi connectivity index (χ3v) is 3.81. The molecule has 0 spiro atoms. The number of rotatable bonds is 5. The molecule has 0 saturated carbocycles. The summed E-state index contributed by atoms with van der Waals surface area (Å²) < 4.78 is 4.95. The second-order valence-corrected chi connectivity index (χ2v) is 5.56. The Morgan fingerprint density at radius 1 is 1.53 bits per heavy atom. The van der Waals surface area contributed by atoms with Gasteiger partial charge in [-0.05, 0) is 30.4 Å². The minimum Gasteiger partial charge on any atom is -0.383 e. The second kappa shape index (κ2) is 6.92. The van der Waals surface area contributed by atoms with Crippen LogP contribution in [0.1, 0.15) is 29.9 Å². The molecule has 0 aliphatic heterocycles. The van der Waals surface area contributed by atoms with Gasteiger partial charge in [-0.3, -0.25) is 4.79 Å². The van der Waals surface area contributed by atoms with E-state index in [1.165, 1.54) is 11.1 Å². The second-order valence-electron chi connectivity index (χ2n) is 4.94. The normalized spacial score (nSPS) is 19.6. The van der Waals surface area contributed by atoms with E-state index in [2.05, 4.69) is 17.4 Å². The van der Waals surface area contributed by atoms with Gasteiger partial charge in [-0.15, -0.1) is 11.6 Å². The lowest BCUT2D eigenvalue weighted by molar-refractivity contribution is -0.122. The number of benzene rings is 1. The molecule has 0 bridgehead atoms. The van der Waals surface area contributed by atoms with Crippen molar-refractivity contribution < 1.29 is 9.53 Å². The quantitative estimate of drug-likeness (QED) is 0.842. The van der Waals surface area contributed by atoms with E-state index in [1.54, 1.807) is 7.11 Å². The van der Waals surface area contributed by atoms with Gasteiger partial charge in [0, 0.05) is 13.7 Å². The molecular weight excluding hydrogens is 262 g/mol. The highest BCUT2D eigenvalue weighted by atomic mass is 35.5. The van der Waals surface area contributed by atoms with Gasteiger partial charge in [0.25, 0.3) is 0 Å². The number of hydrogen-bond donors (Lipinski definition) is 1. The van der Waals surface area contributed by atoms with E-state index in [0.29, 0.717) is 13.2 Å². The largest absolute Gasteiger partial charge is 0.383 e. The third-order valence-electron chi connectivity index (χ3n) is 3.53. The molecule has 0 aromatic heterocycles. The summed E-state index contributed by atoms with van der Waals surface area (Å²) in [4.78, 5) is 12.3. The maximum absolute atomic E-state index is 12.3. The molecule has 0 heterocycles. The van der Waals surface area contributed by atoms with Crippen molar-refractivity contribution in [2.24, 2.45) is 0 Å². The number of hydrogen-bond acceptors (Lipinski definition) is 2. The molecule has 0 saturated heterocycles. The van der Waals surface area contributed by atoms with E-state index in [9.17, 15) is 4.79 Å². The van der Waals surface area contributed by atoms with E-state index in [0.717, 1.165) is 19.3 Å². The number of aryl methyl sites for hydroxylation is 1. The highest BCUT2D eigenvalue weighted by molar-refractivity contribution is 6.21. The Morgan fingerprint density at radius 2 is 2.32 bits per heavy atom. The molecule has 1 amide bonds. The van der Waals surface area contributed by atoms with Gasteiger partial charge in [-0.25, -0.2) is 0 Å². The van der Waals surface area contributed by atoms with Crippen LogP contribution < -0.4 is 5.32 Å². The Morgan fingerprint density at radius 3 is 3.11 bits per heavy atom. The maximum Gasteiger partial charge on any atom is 0.227 e. The van der Waals surface area contributed by atoms with Crippen LogP contribution in [0.5, 0.6) is 0 Å². The van der Waals surface area contributed by atoms with Crippen molar-refractivity contribution in [3.05, 3.63) is 35.4 Å². The molecule has 2 atom stereocenters. The molecule has 1 aromatic carbocycles. The molecule has 104 valence electrons. The molecule has 1 N–H and O–H groups in total. The van der Waals surface area contributed by atoms with E-state index >= 15 is 0 Å². The Hall–Kier alpha value is -1.06. The molecule has 4 heteroatoms. The van der Waals surface area contributed by atoms with Gasteiger partial charge in [0.15, 0.2) is 0 Å². The van der Waals surface area contributed by atoms with Crippen LogP contribution in [0.15, 0.2) is 24.3 Å². The first-order valence-electron chi connectivity index (χ1n) is 6.71. The molecule has 2 rings (SSSR count). The molecule has 0 radical (unpaired) electrons. The summed E-state index contributed by atoms with van der Waals surface area (Å²) in [5.41, 5.74) is 2.47. The fourth-order valence-electron chi connectivity index (χ4n) is 2.60. The number of amides is 1. The topological polar surface area (TPSA) is 38.3 Å². The van der Waals surface area contributed by atoms with E-state index in [4.69, 9.17) is 16.3 Å². The van der Waals surface area contributed by atoms with Gasteiger partial charge in [-0.1, -0.05) is 24.3 Å². The van der Waals surface area contributed by atoms with Crippen molar-refractivity contribution in [3.63, 3.8) is 0 Å². The fourth-order valence-corrected chi connectivity index (χ4v) is 2.80. The number of methoxy groups -OCH3 is 1. The van der Waals surface area contributed by atoms with Crippen molar-refractivity contribution in [3.8, 4) is 0 Å². The van der Waals surface area contributed by atoms with E-state index < -0.39 is 0 Å². The van der Waals surface area contributed by atoms with Gasteiger partial charge in [-0.2, -0.15) is 0 Å². The fraction of sp³-hybridized carbons (Fsp3) is 0.533. The molecule has 1 aliphatic carbocycles. The van der Waals surface area contributed by atoms with Gasteiger partial charge >= 0.3 is 0 Å². The summed E-state index contributed by atoms with van der Waals surface area (Å²) in [5, 5.41) is 2.75. The van der Waals surface area contributed by atoms with Gasteiger partial charge in [0.2, 0.25) is 5.91 Å². The lowest BCUT2D eigenvalue weighted by Gasteiger charge is -2.25. The van der Waals surface area contributed by atoms with Crippen LogP contribution in [0, 0.1) is 0 Å². The van der Waals surface area contributed by atoms with Crippen molar-refractivity contribution in [2.75, 3.05) is 20.3 Å². The number of halogens is 1. The minimum absolute atomic E-state index is 0.0311. The van der Waals surface area contributed by atoms with Crippen LogP contribution in [0.3, 0.4) is 0 Å². The molecule has 19 heavy (non-hydrogen) atoms. The van der Waals surface area contributed by atoms with Gasteiger partial charge in [0.1, 0.15) is 0 Å². The highest BCUT2D eigenvalue weighted by Gasteiger charge is 2.26. The third kappa shape index (κ3) is 3.71. The first kappa shape index (κ1) is 14.4. The predicted molar refractivity (Wildman–Crippen MR) is 76.6 cm³/mol. The van der Waals surface area contributed by atoms with Crippen molar-refractivity contribution in [2.45, 2.75) is 30.6 Å². The monoisotopic (exact) mass is 281 g/mol. The maximum atomic E-state index is 12.3. The first-order chi connectivity index (χ1) is 9.22. The first-order valence-corrected chi connectivity index (χ1v) is 7.14. The molecule has 0 fully saturated rings. The van der Waals surface area contributed by atoms with Crippen molar-refractivity contribution in [1.82, 2.24) is 5.32 Å². The van der Waals surface area contributed by atoms with E-state index in [1.807, 2.05) is 12.1 Å². The summed E-state index contributed by atoms with van der Waals surface area (Å²) in [5.74, 6) is 0.0465. The standard InChI is InChI=1S/C15H20ClNO2/c1-19-10-12(16)9-17-15(18)14-8-4-6-11-5-2-3-7-13(11)14/h2-3,5,7,12,14H,4,6,8-10H2,1H3,(H,17,18). The molecular formula is C15H20ClNO2. The van der Waals surface area contributed by atoms with Crippen LogP contribution in [0.25, 0.3) is 0 Å². The Bertz CT molecular complexity index is 436. The summed E-state index contributed by atoms with van der Waals surface area (Å²) in [6, 6.07) is 8.21. The van der Waals surface area contributed by atoms with Gasteiger partial charge < -0.3 is 10.1 Å².